The van der Waals surface area contributed by atoms with Crippen LogP contribution in [-0.4, -0.2) is 23.1 Å². The quantitative estimate of drug-likeness (QED) is 0.246. The summed E-state index contributed by atoms with van der Waals surface area (Å²) in [6, 6.07) is 0. The van der Waals surface area contributed by atoms with Crippen molar-refractivity contribution in [2.45, 2.75) is 0 Å². The van der Waals surface area contributed by atoms with Gasteiger partial charge in [0.15, 0.2) is 0 Å². The molecule has 0 saturated heterocycles. The third-order valence-electron chi connectivity index (χ3n) is 0.0962. The third kappa shape index (κ3) is 11.2. The molecule has 2 nitrogen and oxygen atoms in total. The molecule has 0 aliphatic heterocycles. The summed E-state index contributed by atoms with van der Waals surface area (Å²) in [6.07, 6.45) is 0. The van der Waals surface area contributed by atoms with Gasteiger partial charge in [-0.05, 0) is 0 Å². The summed E-state index contributed by atoms with van der Waals surface area (Å²) in [5, 5.41) is 0. The standard InChI is InChI=1S/CH2O2.Al.Na.3H/c2-1-3;;;;;/h1H,(H,2,3);;;;;/q;2*+1;;;-1/p-1. The third-order valence-corrected chi connectivity index (χ3v) is 0.289. The number of carbonyl (C=O) groups excluding carboxylic acids is 1. The van der Waals surface area contributed by atoms with Gasteiger partial charge in [0.25, 0.3) is 6.47 Å². The number of rotatable bonds is 1. The molecule has 0 N–H and O–H groups in total. The predicted octanol–water partition coefficient (Wildman–Crippen LogP) is -4.18. The van der Waals surface area contributed by atoms with Crippen molar-refractivity contribution in [2.75, 3.05) is 0 Å². The van der Waals surface area contributed by atoms with Gasteiger partial charge < -0.3 is 5.22 Å². The summed E-state index contributed by atoms with van der Waals surface area (Å²) in [7, 11) is 0. The topological polar surface area (TPSA) is 26.3 Å². The minimum atomic E-state index is 0. The van der Waals surface area contributed by atoms with E-state index in [2.05, 4.69) is 3.79 Å². The molecule has 0 heterocycles. The van der Waals surface area contributed by atoms with Crippen LogP contribution in [0.4, 0.5) is 0 Å². The van der Waals surface area contributed by atoms with E-state index in [0.717, 1.165) is 0 Å². The van der Waals surface area contributed by atoms with Crippen molar-refractivity contribution >= 4 is 23.1 Å². The molecule has 24 valence electrons. The number of hydrogen-bond acceptors (Lipinski definition) is 2. The maximum Gasteiger partial charge on any atom is 1.00 e. The summed E-state index contributed by atoms with van der Waals surface area (Å²) in [4.78, 5) is 8.99. The Bertz CT molecular complexity index is 27.5. The molecule has 0 aromatic carbocycles. The van der Waals surface area contributed by atoms with Crippen molar-refractivity contribution < 1.29 is 39.6 Å². The van der Waals surface area contributed by atoms with Crippen molar-refractivity contribution in [1.82, 2.24) is 0 Å². The average molecular weight is 98.0 g/mol. The fraction of sp³-hybridized carbons (Fsp3) is 0. The maximum atomic E-state index is 8.99. The summed E-state index contributed by atoms with van der Waals surface area (Å²) < 4.78 is 4.00. The van der Waals surface area contributed by atoms with Gasteiger partial charge in [0.2, 0.25) is 0 Å². The molecule has 0 unspecified atom stereocenters. The van der Waals surface area contributed by atoms with Crippen LogP contribution in [0.15, 0.2) is 0 Å². The van der Waals surface area contributed by atoms with Gasteiger partial charge in [-0.25, -0.2) is 0 Å². The Hall–Kier alpha value is 1.00. The van der Waals surface area contributed by atoms with E-state index >= 15 is 0 Å². The monoisotopic (exact) mass is 98.0 g/mol. The zero-order valence-electron chi connectivity index (χ0n) is 4.39. The first kappa shape index (κ1) is 9.38. The van der Waals surface area contributed by atoms with Gasteiger partial charge in [-0.1, -0.05) is 0 Å². The largest absolute Gasteiger partial charge is 1.00 e. The smallest absolute Gasteiger partial charge is 1.00 e. The Morgan fingerprint density at radius 1 is 2.00 bits per heavy atom. The Morgan fingerprint density at radius 3 is 2.20 bits per heavy atom. The SMILES string of the molecule is O=C[O][AlH2].[H-].[Na+]. The molecule has 0 spiro atoms. The molecule has 0 aliphatic rings. The van der Waals surface area contributed by atoms with Crippen LogP contribution in [0.5, 0.6) is 0 Å². The maximum absolute atomic E-state index is 8.99. The molecule has 0 bridgehead atoms. The van der Waals surface area contributed by atoms with E-state index in [4.69, 9.17) is 4.79 Å². The van der Waals surface area contributed by atoms with E-state index < -0.39 is 0 Å². The van der Waals surface area contributed by atoms with Gasteiger partial charge in [0.05, 0.1) is 0 Å². The van der Waals surface area contributed by atoms with Crippen LogP contribution in [0.1, 0.15) is 1.43 Å². The van der Waals surface area contributed by atoms with Crippen LogP contribution in [0, 0.1) is 0 Å². The van der Waals surface area contributed by atoms with Crippen LogP contribution in [0.2, 0.25) is 0 Å². The van der Waals surface area contributed by atoms with Crippen LogP contribution in [0.25, 0.3) is 0 Å². The molecule has 0 rings (SSSR count). The molecule has 0 fully saturated rings. The van der Waals surface area contributed by atoms with E-state index in [1.807, 2.05) is 0 Å². The number of carbonyl (C=O) groups is 1. The van der Waals surface area contributed by atoms with Crippen molar-refractivity contribution in [3.63, 3.8) is 0 Å². The van der Waals surface area contributed by atoms with Crippen LogP contribution in [-0.2, 0) is 8.58 Å². The Kier molecular flexibility index (Phi) is 16.7. The van der Waals surface area contributed by atoms with E-state index in [-0.39, 0.29) is 31.0 Å². The first-order chi connectivity index (χ1) is 1.91. The van der Waals surface area contributed by atoms with Gasteiger partial charge in [-0.2, -0.15) is 0 Å². The van der Waals surface area contributed by atoms with E-state index in [1.165, 1.54) is 0 Å². The summed E-state index contributed by atoms with van der Waals surface area (Å²) in [5.74, 6) is 0. The fourth-order valence-corrected chi connectivity index (χ4v) is 0. The summed E-state index contributed by atoms with van der Waals surface area (Å²) in [6.45, 7) is 0.437. The molecule has 0 atom stereocenters. The van der Waals surface area contributed by atoms with Crippen molar-refractivity contribution in [3.05, 3.63) is 0 Å². The van der Waals surface area contributed by atoms with Crippen LogP contribution in [0.3, 0.4) is 0 Å². The molecule has 0 radical (unpaired) electrons. The first-order valence-corrected chi connectivity index (χ1v) is 1.70. The molecular weight excluding hydrogens is 94.0 g/mol. The van der Waals surface area contributed by atoms with Gasteiger partial charge in [-0.15, -0.1) is 0 Å². The minimum Gasteiger partial charge on any atom is -1.00 e. The normalized spacial score (nSPS) is 4.00. The molecular formula is CH4AlNaO2. The second kappa shape index (κ2) is 8.89. The van der Waals surface area contributed by atoms with Gasteiger partial charge in [0.1, 0.15) is 0 Å². The van der Waals surface area contributed by atoms with Crippen LogP contribution >= 0.6 is 0 Å². The molecule has 4 heteroatoms. The second-order valence-corrected chi connectivity index (χ2v) is 0.803. The Labute approximate surface area is 62.4 Å². The van der Waals surface area contributed by atoms with Gasteiger partial charge in [-0.3, -0.25) is 4.79 Å². The Balaban J connectivity index is -0.0000000450. The number of hydrogen-bond donors (Lipinski definition) is 0. The van der Waals surface area contributed by atoms with Crippen molar-refractivity contribution in [3.8, 4) is 0 Å². The molecule has 5 heavy (non-hydrogen) atoms. The second-order valence-electron chi connectivity index (χ2n) is 0.332. The summed E-state index contributed by atoms with van der Waals surface area (Å²) >= 11 is 0.522. The average Bonchev–Trinajstić information content (AvgIpc) is 1.37. The van der Waals surface area contributed by atoms with E-state index in [0.29, 0.717) is 23.1 Å². The summed E-state index contributed by atoms with van der Waals surface area (Å²) in [5.41, 5.74) is 0. The Morgan fingerprint density at radius 2 is 2.20 bits per heavy atom. The predicted molar refractivity (Wildman–Crippen MR) is 16.8 cm³/mol. The van der Waals surface area contributed by atoms with E-state index in [1.54, 1.807) is 0 Å². The van der Waals surface area contributed by atoms with Crippen LogP contribution < -0.4 is 29.6 Å². The molecule has 0 aromatic heterocycles. The van der Waals surface area contributed by atoms with Crippen molar-refractivity contribution in [2.24, 2.45) is 0 Å². The first-order valence-electron chi connectivity index (χ1n) is 0.880. The molecule has 0 saturated carbocycles. The molecule has 0 amide bonds. The minimum absolute atomic E-state index is 0. The zero-order chi connectivity index (χ0) is 3.41. The zero-order valence-corrected chi connectivity index (χ0v) is 7.39. The van der Waals surface area contributed by atoms with Gasteiger partial charge in [0, 0.05) is 0 Å². The van der Waals surface area contributed by atoms with E-state index in [9.17, 15) is 0 Å². The van der Waals surface area contributed by atoms with Crippen molar-refractivity contribution in [1.29, 1.82) is 0 Å². The fourth-order valence-electron chi connectivity index (χ4n) is 0. The molecule has 0 aromatic rings. The molecule has 0 aliphatic carbocycles. The van der Waals surface area contributed by atoms with Gasteiger partial charge >= 0.3 is 46.2 Å².